The van der Waals surface area contributed by atoms with Gasteiger partial charge in [0, 0.05) is 36.0 Å². The highest BCUT2D eigenvalue weighted by Gasteiger charge is 2.43. The molecule has 8 nitrogen and oxygen atoms in total. The number of nitrogens with one attached hydrogen (secondary N) is 1. The predicted molar refractivity (Wildman–Crippen MR) is 169 cm³/mol. The highest BCUT2D eigenvalue weighted by atomic mass is 19.4. The molecule has 1 aromatic heterocycles. The largest absolute Gasteiger partial charge is 0.573 e. The molecule has 3 N–H and O–H groups in total. The molecular formula is C36H41F3N2O6. The lowest BCUT2D eigenvalue weighted by Gasteiger charge is -2.46. The first-order valence-corrected chi connectivity index (χ1v) is 16.4. The van der Waals surface area contributed by atoms with E-state index in [4.69, 9.17) is 4.74 Å². The number of carboxylic acids is 2. The van der Waals surface area contributed by atoms with Gasteiger partial charge in [-0.2, -0.15) is 0 Å². The molecule has 0 amide bonds. The number of ether oxygens (including phenoxy) is 2. The number of hydrogen-bond donors (Lipinski definition) is 3. The summed E-state index contributed by atoms with van der Waals surface area (Å²) in [6.07, 6.45) is 0.763. The van der Waals surface area contributed by atoms with Crippen LogP contribution in [0.1, 0.15) is 97.7 Å². The number of benzene rings is 2. The quantitative estimate of drug-likeness (QED) is 0.203. The third-order valence-corrected chi connectivity index (χ3v) is 10.4. The van der Waals surface area contributed by atoms with E-state index in [1.54, 1.807) is 13.0 Å². The Bertz CT molecular complexity index is 1650. The Labute approximate surface area is 271 Å². The molecular weight excluding hydrogens is 613 g/mol. The summed E-state index contributed by atoms with van der Waals surface area (Å²) >= 11 is 0. The number of rotatable bonds is 10. The van der Waals surface area contributed by atoms with E-state index in [0.29, 0.717) is 60.7 Å². The molecule has 11 heteroatoms. The van der Waals surface area contributed by atoms with Gasteiger partial charge in [-0.05, 0) is 105 Å². The number of carbonyl (C=O) groups is 2. The van der Waals surface area contributed by atoms with Crippen LogP contribution in [0.5, 0.6) is 11.5 Å². The van der Waals surface area contributed by atoms with Crippen molar-refractivity contribution in [3.8, 4) is 22.6 Å². The summed E-state index contributed by atoms with van der Waals surface area (Å²) in [7, 11) is 0. The van der Waals surface area contributed by atoms with E-state index in [9.17, 15) is 33.0 Å². The molecule has 1 saturated heterocycles. The first kappa shape index (κ1) is 32.9. The van der Waals surface area contributed by atoms with Gasteiger partial charge in [0.1, 0.15) is 22.8 Å². The van der Waals surface area contributed by atoms with Gasteiger partial charge >= 0.3 is 18.3 Å². The zero-order valence-corrected chi connectivity index (χ0v) is 26.8. The average Bonchev–Trinajstić information content (AvgIpc) is 3.76. The molecule has 6 rings (SSSR count). The van der Waals surface area contributed by atoms with E-state index in [1.165, 1.54) is 18.2 Å². The molecule has 3 aliphatic rings. The SMILES string of the molecule is CCc1[nH]c(C(=O)O)cc1-c1ccc(OC(F)(F)F)c(C(C)N2CCC3(CCc4ccc(C(C5CC5)[C@H](C)C(=O)O)cc4O3)CC2)c1. The monoisotopic (exact) mass is 654 g/mol. The predicted octanol–water partition coefficient (Wildman–Crippen LogP) is 7.98. The van der Waals surface area contributed by atoms with Crippen molar-refractivity contribution in [2.45, 2.75) is 89.6 Å². The third-order valence-electron chi connectivity index (χ3n) is 10.4. The van der Waals surface area contributed by atoms with Gasteiger partial charge in [0.25, 0.3) is 0 Å². The van der Waals surface area contributed by atoms with E-state index < -0.39 is 35.9 Å². The number of aryl methyl sites for hydroxylation is 2. The van der Waals surface area contributed by atoms with Gasteiger partial charge in [0.05, 0.1) is 5.92 Å². The van der Waals surface area contributed by atoms with Gasteiger partial charge in [-0.1, -0.05) is 32.0 Å². The first-order chi connectivity index (χ1) is 22.3. The standard InChI is InChI=1S/C36H41F3N2O6/c1-4-28-27(19-29(40-28)34(44)45)24-9-10-30(47-36(37,38)39)26(17-24)21(3)41-15-13-35(14-16-41)12-11-22-5-8-25(18-31(22)46-35)32(23-6-7-23)20(2)33(42)43/h5,8-10,17-21,23,32,40H,4,6-7,11-16H2,1-3H3,(H,42,43)(H,44,45)/t20-,21?,32?/m0/s1. The minimum Gasteiger partial charge on any atom is -0.487 e. The normalized spacial score (nSPS) is 19.8. The van der Waals surface area contributed by atoms with Crippen molar-refractivity contribution in [1.82, 2.24) is 9.88 Å². The van der Waals surface area contributed by atoms with Crippen LogP contribution in [0.2, 0.25) is 0 Å². The number of aliphatic carboxylic acids is 1. The van der Waals surface area contributed by atoms with Crippen LogP contribution in [-0.4, -0.2) is 57.1 Å². The summed E-state index contributed by atoms with van der Waals surface area (Å²) in [6, 6.07) is 11.8. The van der Waals surface area contributed by atoms with Crippen LogP contribution in [0.3, 0.4) is 0 Å². The summed E-state index contributed by atoms with van der Waals surface area (Å²) in [6.45, 7) is 6.72. The molecule has 1 saturated carbocycles. The van der Waals surface area contributed by atoms with Crippen molar-refractivity contribution in [1.29, 1.82) is 0 Å². The van der Waals surface area contributed by atoms with E-state index in [0.717, 1.165) is 42.6 Å². The van der Waals surface area contributed by atoms with Gasteiger partial charge in [-0.25, -0.2) is 4.79 Å². The second-order valence-electron chi connectivity index (χ2n) is 13.4. The second kappa shape index (κ2) is 12.6. The fraction of sp³-hybridized carbons (Fsp3) is 0.500. The van der Waals surface area contributed by atoms with Crippen LogP contribution in [-0.2, 0) is 17.6 Å². The second-order valence-corrected chi connectivity index (χ2v) is 13.4. The van der Waals surface area contributed by atoms with Gasteiger partial charge in [-0.3, -0.25) is 9.69 Å². The summed E-state index contributed by atoms with van der Waals surface area (Å²) in [5.41, 5.74) is 4.02. The van der Waals surface area contributed by atoms with Crippen LogP contribution in [0.4, 0.5) is 13.2 Å². The minimum absolute atomic E-state index is 0.0176. The van der Waals surface area contributed by atoms with Crippen LogP contribution in [0, 0.1) is 11.8 Å². The smallest absolute Gasteiger partial charge is 0.487 e. The van der Waals surface area contributed by atoms with Gasteiger partial charge in [0.2, 0.25) is 0 Å². The van der Waals surface area contributed by atoms with Crippen molar-refractivity contribution in [2.24, 2.45) is 11.8 Å². The fourth-order valence-electron chi connectivity index (χ4n) is 7.58. The van der Waals surface area contributed by atoms with Gasteiger partial charge < -0.3 is 24.7 Å². The lowest BCUT2D eigenvalue weighted by Crippen LogP contribution is -2.50. The van der Waals surface area contributed by atoms with Gasteiger partial charge in [-0.15, -0.1) is 13.2 Å². The van der Waals surface area contributed by atoms with E-state index in [-0.39, 0.29) is 17.4 Å². The number of likely N-dealkylation sites (tertiary alicyclic amines) is 1. The average molecular weight is 655 g/mol. The zero-order chi connectivity index (χ0) is 33.7. The Kier molecular flexibility index (Phi) is 8.80. The molecule has 3 heterocycles. The molecule has 2 unspecified atom stereocenters. The Morgan fingerprint density at radius 3 is 2.40 bits per heavy atom. The van der Waals surface area contributed by atoms with Crippen molar-refractivity contribution < 1.29 is 42.4 Å². The summed E-state index contributed by atoms with van der Waals surface area (Å²) < 4.78 is 51.7. The Hall–Kier alpha value is -3.99. The van der Waals surface area contributed by atoms with Crippen LogP contribution < -0.4 is 9.47 Å². The number of fused-ring (bicyclic) bond motifs is 1. The number of nitrogens with zero attached hydrogens (tertiary/aromatic N) is 1. The molecule has 0 radical (unpaired) electrons. The summed E-state index contributed by atoms with van der Waals surface area (Å²) in [4.78, 5) is 28.5. The maximum Gasteiger partial charge on any atom is 0.573 e. The van der Waals surface area contributed by atoms with Crippen molar-refractivity contribution in [3.63, 3.8) is 0 Å². The number of carboxylic acid groups (broad SMARTS) is 2. The number of hydrogen-bond acceptors (Lipinski definition) is 5. The first-order valence-electron chi connectivity index (χ1n) is 16.4. The number of aromatic carboxylic acids is 1. The summed E-state index contributed by atoms with van der Waals surface area (Å²) in [5, 5.41) is 19.2. The van der Waals surface area contributed by atoms with E-state index in [1.807, 2.05) is 19.9 Å². The van der Waals surface area contributed by atoms with Crippen LogP contribution in [0.15, 0.2) is 42.5 Å². The highest BCUT2D eigenvalue weighted by molar-refractivity contribution is 5.88. The molecule has 252 valence electrons. The molecule has 2 fully saturated rings. The zero-order valence-electron chi connectivity index (χ0n) is 26.8. The fourth-order valence-corrected chi connectivity index (χ4v) is 7.58. The van der Waals surface area contributed by atoms with Crippen molar-refractivity contribution in [3.05, 3.63) is 70.5 Å². The molecule has 2 aliphatic heterocycles. The highest BCUT2D eigenvalue weighted by Crippen LogP contribution is 2.49. The molecule has 1 aliphatic carbocycles. The lowest BCUT2D eigenvalue weighted by molar-refractivity contribution is -0.275. The van der Waals surface area contributed by atoms with Crippen LogP contribution in [0.25, 0.3) is 11.1 Å². The summed E-state index contributed by atoms with van der Waals surface area (Å²) in [5.74, 6) is -1.55. The third kappa shape index (κ3) is 6.86. The van der Waals surface area contributed by atoms with Crippen molar-refractivity contribution >= 4 is 11.9 Å². The molecule has 47 heavy (non-hydrogen) atoms. The molecule has 1 spiro atoms. The number of halogens is 3. The number of aromatic amines is 1. The maximum absolute atomic E-state index is 13.5. The molecule has 3 atom stereocenters. The van der Waals surface area contributed by atoms with E-state index >= 15 is 0 Å². The lowest BCUT2D eigenvalue weighted by atomic mass is 9.80. The molecule has 0 bridgehead atoms. The molecule has 3 aromatic rings. The number of aromatic nitrogens is 1. The van der Waals surface area contributed by atoms with Crippen LogP contribution >= 0.6 is 0 Å². The van der Waals surface area contributed by atoms with E-state index in [2.05, 4.69) is 26.8 Å². The Balaban J connectivity index is 1.22. The Morgan fingerprint density at radius 1 is 1.06 bits per heavy atom. The number of H-pyrrole nitrogens is 1. The molecule has 2 aromatic carbocycles. The van der Waals surface area contributed by atoms with Crippen molar-refractivity contribution in [2.75, 3.05) is 13.1 Å². The van der Waals surface area contributed by atoms with Gasteiger partial charge in [0.15, 0.2) is 0 Å². The number of piperidine rings is 1. The Morgan fingerprint density at radius 2 is 1.79 bits per heavy atom. The number of alkyl halides is 3. The minimum atomic E-state index is -4.87. The topological polar surface area (TPSA) is 112 Å². The maximum atomic E-state index is 13.5.